The van der Waals surface area contributed by atoms with Crippen LogP contribution in [0.4, 0.5) is 8.78 Å². The molecule has 0 aromatic rings. The lowest BCUT2D eigenvalue weighted by atomic mass is 9.81. The summed E-state index contributed by atoms with van der Waals surface area (Å²) >= 11 is 6.26. The third-order valence-corrected chi connectivity index (χ3v) is 8.35. The van der Waals surface area contributed by atoms with Crippen molar-refractivity contribution >= 4 is 23.8 Å². The monoisotopic (exact) mass is 490 g/mol. The Balaban J connectivity index is 1.32. The number of nitrogens with one attached hydrogen (secondary N) is 4. The first-order valence-corrected chi connectivity index (χ1v) is 12.4. The van der Waals surface area contributed by atoms with Gasteiger partial charge in [-0.05, 0) is 38.0 Å². The summed E-state index contributed by atoms with van der Waals surface area (Å²) in [7, 11) is 0. The largest absolute Gasteiger partial charge is 0.390 e. The molecule has 0 aromatic heterocycles. The molecule has 4 fully saturated rings. The van der Waals surface area contributed by atoms with Gasteiger partial charge in [0.25, 0.3) is 0 Å². The highest BCUT2D eigenvalue weighted by Gasteiger charge is 2.52. The summed E-state index contributed by atoms with van der Waals surface area (Å²) in [5, 5.41) is 26.2. The number of halogens is 3. The number of alkyl halides is 3. The predicted octanol–water partition coefficient (Wildman–Crippen LogP) is -0.479. The highest BCUT2D eigenvalue weighted by atomic mass is 35.5. The van der Waals surface area contributed by atoms with E-state index in [1.54, 1.807) is 11.2 Å². The lowest BCUT2D eigenvalue weighted by molar-refractivity contribution is -0.137. The minimum atomic E-state index is -1.15. The maximum atomic E-state index is 14.5. The fraction of sp³-hybridized carbons (Fsp3) is 0.905. The number of aliphatic hydroxyl groups is 2. The second kappa shape index (κ2) is 9.50. The molecule has 12 heteroatoms. The van der Waals surface area contributed by atoms with Gasteiger partial charge in [-0.25, -0.2) is 19.6 Å². The van der Waals surface area contributed by atoms with Gasteiger partial charge < -0.3 is 20.4 Å². The predicted molar refractivity (Wildman–Crippen MR) is 118 cm³/mol. The Morgan fingerprint density at radius 2 is 1.94 bits per heavy atom. The van der Waals surface area contributed by atoms with Crippen molar-refractivity contribution in [3.63, 3.8) is 0 Å². The molecule has 186 valence electrons. The first kappa shape index (κ1) is 23.6. The molecule has 0 aromatic carbocycles. The van der Waals surface area contributed by atoms with Gasteiger partial charge in [0.15, 0.2) is 0 Å². The third-order valence-electron chi connectivity index (χ3n) is 8.00. The van der Waals surface area contributed by atoms with E-state index in [0.717, 1.165) is 0 Å². The van der Waals surface area contributed by atoms with Crippen LogP contribution in [0.1, 0.15) is 38.5 Å². The molecule has 5 rings (SSSR count). The number of hydrogen-bond donors (Lipinski definition) is 6. The Bertz CT molecular complexity index is 758. The summed E-state index contributed by atoms with van der Waals surface area (Å²) < 4.78 is 28.7. The summed E-state index contributed by atoms with van der Waals surface area (Å²) in [5.41, 5.74) is 6.13. The zero-order valence-electron chi connectivity index (χ0n) is 18.3. The Hall–Kier alpha value is -1.11. The zero-order valence-corrected chi connectivity index (χ0v) is 19.0. The minimum absolute atomic E-state index is 0.0121. The SMILES string of the molecule is O=C(C1NNC2NC=NC(N[C@@H]3CC[C@@H](O)[C@H]3O)C21)N1C[C@@H](F)C[C@@H]1C1CC(F)CC(Cl)C1. The van der Waals surface area contributed by atoms with E-state index in [-0.39, 0.29) is 54.3 Å². The Morgan fingerprint density at radius 1 is 1.12 bits per heavy atom. The molecular weight excluding hydrogens is 458 g/mol. The zero-order chi connectivity index (χ0) is 23.3. The Morgan fingerprint density at radius 3 is 2.67 bits per heavy atom. The molecule has 3 aliphatic heterocycles. The maximum Gasteiger partial charge on any atom is 0.241 e. The van der Waals surface area contributed by atoms with Crippen LogP contribution in [0.3, 0.4) is 0 Å². The van der Waals surface area contributed by atoms with Gasteiger partial charge in [-0.2, -0.15) is 0 Å². The molecule has 1 amide bonds. The second-order valence-corrected chi connectivity index (χ2v) is 10.8. The molecule has 12 atom stereocenters. The molecule has 7 unspecified atom stereocenters. The van der Waals surface area contributed by atoms with Crippen molar-refractivity contribution in [3.8, 4) is 0 Å². The summed E-state index contributed by atoms with van der Waals surface area (Å²) in [5.74, 6) is -0.768. The van der Waals surface area contributed by atoms with Crippen LogP contribution in [0.25, 0.3) is 0 Å². The topological polar surface area (TPSA) is 121 Å². The number of hydrazine groups is 1. The van der Waals surface area contributed by atoms with E-state index in [2.05, 4.69) is 26.5 Å². The third kappa shape index (κ3) is 4.60. The van der Waals surface area contributed by atoms with Crippen LogP contribution in [-0.4, -0.2) is 94.3 Å². The van der Waals surface area contributed by atoms with E-state index in [1.807, 2.05) is 0 Å². The Labute approximate surface area is 196 Å². The summed E-state index contributed by atoms with van der Waals surface area (Å²) in [4.78, 5) is 19.7. The number of carbonyl (C=O) groups is 1. The number of amides is 1. The maximum absolute atomic E-state index is 14.5. The number of likely N-dealkylation sites (tertiary alicyclic amines) is 1. The number of aliphatic imine (C=N–C) groups is 1. The molecule has 0 radical (unpaired) electrons. The average molecular weight is 491 g/mol. The summed E-state index contributed by atoms with van der Waals surface area (Å²) in [6, 6.07) is -1.41. The lowest BCUT2D eigenvalue weighted by Gasteiger charge is -2.39. The first-order chi connectivity index (χ1) is 15.8. The van der Waals surface area contributed by atoms with E-state index in [1.165, 1.54) is 0 Å². The number of rotatable bonds is 4. The van der Waals surface area contributed by atoms with Crippen LogP contribution >= 0.6 is 11.6 Å². The smallest absolute Gasteiger partial charge is 0.241 e. The van der Waals surface area contributed by atoms with Gasteiger partial charge >= 0.3 is 0 Å². The molecule has 2 aliphatic carbocycles. The van der Waals surface area contributed by atoms with Crippen LogP contribution in [0.5, 0.6) is 0 Å². The van der Waals surface area contributed by atoms with Gasteiger partial charge in [-0.3, -0.25) is 15.1 Å². The number of aliphatic hydroxyl groups excluding tert-OH is 2. The van der Waals surface area contributed by atoms with Gasteiger partial charge in [-0.15, -0.1) is 11.6 Å². The van der Waals surface area contributed by atoms with E-state index in [0.29, 0.717) is 32.1 Å². The fourth-order valence-corrected chi connectivity index (χ4v) is 6.78. The average Bonchev–Trinajstić information content (AvgIpc) is 3.46. The molecule has 33 heavy (non-hydrogen) atoms. The molecule has 0 spiro atoms. The van der Waals surface area contributed by atoms with Gasteiger partial charge in [0, 0.05) is 23.9 Å². The van der Waals surface area contributed by atoms with Gasteiger partial charge in [-0.1, -0.05) is 0 Å². The van der Waals surface area contributed by atoms with E-state index in [4.69, 9.17) is 11.6 Å². The molecule has 0 bridgehead atoms. The van der Waals surface area contributed by atoms with Gasteiger partial charge in [0.1, 0.15) is 24.6 Å². The molecule has 6 N–H and O–H groups in total. The highest BCUT2D eigenvalue weighted by molar-refractivity contribution is 6.20. The molecule has 2 saturated heterocycles. The van der Waals surface area contributed by atoms with Crippen molar-refractivity contribution in [2.24, 2.45) is 16.8 Å². The normalized spacial score (nSPS) is 49.8. The number of nitrogens with zero attached hydrogens (tertiary/aromatic N) is 2. The van der Waals surface area contributed by atoms with Crippen molar-refractivity contribution in [2.75, 3.05) is 6.54 Å². The number of carbonyl (C=O) groups excluding carboxylic acids is 1. The standard InChI is InChI=1S/C21H33ClF2N6O3/c22-10-3-9(4-11(23)5-10)14-6-12(24)7-30(14)21(33)17-16-19(25-8-26-20(16)29-28-17)27-13-1-2-15(31)18(13)32/h8-20,27-29,31-32H,1-7H2,(H,25,26)/t9?,10?,11?,12-,13+,14+,15+,16?,17?,18-,19?,20?/m0/s1. The van der Waals surface area contributed by atoms with Crippen molar-refractivity contribution < 1.29 is 23.8 Å². The summed E-state index contributed by atoms with van der Waals surface area (Å²) in [6.45, 7) is -0.0121. The van der Waals surface area contributed by atoms with E-state index >= 15 is 0 Å². The van der Waals surface area contributed by atoms with Crippen molar-refractivity contribution in [2.45, 2.75) is 98.9 Å². The second-order valence-electron chi connectivity index (χ2n) is 10.2. The van der Waals surface area contributed by atoms with Crippen molar-refractivity contribution in [1.82, 2.24) is 26.4 Å². The van der Waals surface area contributed by atoms with Gasteiger partial charge in [0.2, 0.25) is 5.91 Å². The minimum Gasteiger partial charge on any atom is -0.390 e. The fourth-order valence-electron chi connectivity index (χ4n) is 6.36. The van der Waals surface area contributed by atoms with Crippen LogP contribution in [0.15, 0.2) is 4.99 Å². The van der Waals surface area contributed by atoms with Crippen LogP contribution in [-0.2, 0) is 4.79 Å². The molecule has 2 saturated carbocycles. The van der Waals surface area contributed by atoms with Crippen LogP contribution < -0.4 is 21.5 Å². The molecule has 9 nitrogen and oxygen atoms in total. The first-order valence-electron chi connectivity index (χ1n) is 12.0. The van der Waals surface area contributed by atoms with Crippen molar-refractivity contribution in [3.05, 3.63) is 0 Å². The lowest BCUT2D eigenvalue weighted by Crippen LogP contribution is -2.59. The molecular formula is C21H33ClF2N6O3. The molecule has 5 aliphatic rings. The Kier molecular flexibility index (Phi) is 6.80. The van der Waals surface area contributed by atoms with Crippen molar-refractivity contribution in [1.29, 1.82) is 0 Å². The van der Waals surface area contributed by atoms with Gasteiger partial charge in [0.05, 0.1) is 37.2 Å². The molecule has 3 heterocycles. The van der Waals surface area contributed by atoms with Crippen LogP contribution in [0, 0.1) is 11.8 Å². The van der Waals surface area contributed by atoms with E-state index in [9.17, 15) is 23.8 Å². The highest BCUT2D eigenvalue weighted by Crippen LogP contribution is 2.39. The number of fused-ring (bicyclic) bond motifs is 1. The van der Waals surface area contributed by atoms with Crippen LogP contribution in [0.2, 0.25) is 0 Å². The van der Waals surface area contributed by atoms with E-state index < -0.39 is 36.8 Å². The quantitative estimate of drug-likeness (QED) is 0.294. The number of hydrogen-bond acceptors (Lipinski definition) is 8. The summed E-state index contributed by atoms with van der Waals surface area (Å²) in [6.07, 6.45) is -0.632.